The zero-order valence-electron chi connectivity index (χ0n) is 8.01. The van der Waals surface area contributed by atoms with Crippen LogP contribution in [0, 0.1) is 0 Å². The van der Waals surface area contributed by atoms with Crippen LogP contribution in [-0.2, 0) is 6.54 Å². The summed E-state index contributed by atoms with van der Waals surface area (Å²) in [6.07, 6.45) is 2.54. The summed E-state index contributed by atoms with van der Waals surface area (Å²) in [5, 5.41) is 22.8. The predicted octanol–water partition coefficient (Wildman–Crippen LogP) is 0.855. The van der Waals surface area contributed by atoms with E-state index in [9.17, 15) is 9.90 Å². The van der Waals surface area contributed by atoms with E-state index in [2.05, 4.69) is 10.1 Å². The number of carboxylic acid groups (broad SMARTS) is 1. The molecule has 2 aromatic heterocycles. The highest BCUT2D eigenvalue weighted by atomic mass is 16.4. The third-order valence-electron chi connectivity index (χ3n) is 2.17. The van der Waals surface area contributed by atoms with Crippen LogP contribution in [0.25, 0.3) is 11.0 Å². The molecule has 0 saturated carbocycles. The van der Waals surface area contributed by atoms with Gasteiger partial charge in [0.25, 0.3) is 0 Å². The van der Waals surface area contributed by atoms with E-state index in [1.54, 1.807) is 4.68 Å². The number of aryl methyl sites for hydroxylation is 1. The van der Waals surface area contributed by atoms with E-state index in [1.165, 1.54) is 6.20 Å². The van der Waals surface area contributed by atoms with Crippen LogP contribution in [0.1, 0.15) is 17.3 Å². The van der Waals surface area contributed by atoms with Crippen molar-refractivity contribution in [1.82, 2.24) is 14.8 Å². The molecule has 0 aliphatic rings. The standard InChI is InChI=1S/C9H9N3O3/c1-2-12-8-5(4-11-12)7(13)6(3-10-8)9(14)15/h3-4H,2H2,1H3,(H,10,13)(H,14,15). The first kappa shape index (κ1) is 9.45. The number of carbonyl (C=O) groups is 1. The van der Waals surface area contributed by atoms with Crippen molar-refractivity contribution in [3.05, 3.63) is 18.0 Å². The second-order valence-corrected chi connectivity index (χ2v) is 3.02. The van der Waals surface area contributed by atoms with Gasteiger partial charge < -0.3 is 10.2 Å². The molecular formula is C9H9N3O3. The van der Waals surface area contributed by atoms with Gasteiger partial charge in [-0.1, -0.05) is 0 Å². The van der Waals surface area contributed by atoms with Crippen LogP contribution in [0.5, 0.6) is 5.75 Å². The van der Waals surface area contributed by atoms with Crippen LogP contribution in [0.15, 0.2) is 12.4 Å². The fourth-order valence-electron chi connectivity index (χ4n) is 1.40. The number of pyridine rings is 1. The molecule has 0 aromatic carbocycles. The topological polar surface area (TPSA) is 88.2 Å². The van der Waals surface area contributed by atoms with Gasteiger partial charge in [-0.2, -0.15) is 5.10 Å². The largest absolute Gasteiger partial charge is 0.506 e. The number of hydrogen-bond donors (Lipinski definition) is 2. The van der Waals surface area contributed by atoms with Crippen LogP contribution >= 0.6 is 0 Å². The van der Waals surface area contributed by atoms with Crippen LogP contribution in [0.4, 0.5) is 0 Å². The first-order valence-electron chi connectivity index (χ1n) is 4.42. The van der Waals surface area contributed by atoms with Crippen molar-refractivity contribution in [1.29, 1.82) is 0 Å². The Balaban J connectivity index is 2.75. The third-order valence-corrected chi connectivity index (χ3v) is 2.17. The number of hydrogen-bond acceptors (Lipinski definition) is 4. The normalized spacial score (nSPS) is 10.7. The highest BCUT2D eigenvalue weighted by Crippen LogP contribution is 2.26. The monoisotopic (exact) mass is 207 g/mol. The third kappa shape index (κ3) is 1.30. The smallest absolute Gasteiger partial charge is 0.341 e. The number of fused-ring (bicyclic) bond motifs is 1. The molecule has 78 valence electrons. The highest BCUT2D eigenvalue weighted by molar-refractivity contribution is 5.97. The molecule has 2 heterocycles. The Bertz CT molecular complexity index is 533. The average Bonchev–Trinajstić information content (AvgIpc) is 2.61. The zero-order chi connectivity index (χ0) is 11.0. The van der Waals surface area contributed by atoms with Gasteiger partial charge in [0.1, 0.15) is 11.3 Å². The molecule has 0 bridgehead atoms. The van der Waals surface area contributed by atoms with E-state index in [1.807, 2.05) is 6.92 Å². The number of aromatic nitrogens is 3. The summed E-state index contributed by atoms with van der Waals surface area (Å²) < 4.78 is 1.58. The molecule has 0 radical (unpaired) electrons. The van der Waals surface area contributed by atoms with Crippen LogP contribution in [0.3, 0.4) is 0 Å². The van der Waals surface area contributed by atoms with Gasteiger partial charge >= 0.3 is 5.97 Å². The first-order chi connectivity index (χ1) is 7.15. The molecule has 0 aliphatic heterocycles. The number of carboxylic acids is 1. The minimum absolute atomic E-state index is 0.210. The molecule has 0 spiro atoms. The van der Waals surface area contributed by atoms with Gasteiger partial charge in [-0.15, -0.1) is 0 Å². The van der Waals surface area contributed by atoms with Crippen LogP contribution in [0.2, 0.25) is 0 Å². The fourth-order valence-corrected chi connectivity index (χ4v) is 1.40. The second-order valence-electron chi connectivity index (χ2n) is 3.02. The van der Waals surface area contributed by atoms with Crippen LogP contribution < -0.4 is 0 Å². The van der Waals surface area contributed by atoms with Gasteiger partial charge in [0.2, 0.25) is 0 Å². The lowest BCUT2D eigenvalue weighted by molar-refractivity contribution is 0.0693. The number of nitrogens with zero attached hydrogens (tertiary/aromatic N) is 3. The molecular weight excluding hydrogens is 198 g/mol. The Morgan fingerprint density at radius 3 is 2.87 bits per heavy atom. The lowest BCUT2D eigenvalue weighted by Gasteiger charge is -2.01. The van der Waals surface area contributed by atoms with E-state index < -0.39 is 5.97 Å². The van der Waals surface area contributed by atoms with E-state index in [0.717, 1.165) is 6.20 Å². The van der Waals surface area contributed by atoms with E-state index in [-0.39, 0.29) is 11.3 Å². The minimum Gasteiger partial charge on any atom is -0.506 e. The maximum Gasteiger partial charge on any atom is 0.341 e. The van der Waals surface area contributed by atoms with Crippen molar-refractivity contribution in [3.8, 4) is 5.75 Å². The Morgan fingerprint density at radius 1 is 1.53 bits per heavy atom. The summed E-state index contributed by atoms with van der Waals surface area (Å²) in [6, 6.07) is 0. The maximum atomic E-state index is 10.7. The van der Waals surface area contributed by atoms with Gasteiger partial charge in [0.05, 0.1) is 11.6 Å². The predicted molar refractivity (Wildman–Crippen MR) is 51.8 cm³/mol. The van der Waals surface area contributed by atoms with Crippen molar-refractivity contribution in [2.75, 3.05) is 0 Å². The van der Waals surface area contributed by atoms with Gasteiger partial charge in [-0.3, -0.25) is 0 Å². The molecule has 2 N–H and O–H groups in total. The lowest BCUT2D eigenvalue weighted by Crippen LogP contribution is -2.00. The zero-order valence-corrected chi connectivity index (χ0v) is 8.01. The Labute approximate surface area is 84.8 Å². The van der Waals surface area contributed by atoms with Crippen molar-refractivity contribution >= 4 is 17.0 Å². The van der Waals surface area contributed by atoms with E-state index in [4.69, 9.17) is 5.11 Å². The summed E-state index contributed by atoms with van der Waals surface area (Å²) >= 11 is 0. The van der Waals surface area contributed by atoms with E-state index >= 15 is 0 Å². The number of aromatic carboxylic acids is 1. The molecule has 15 heavy (non-hydrogen) atoms. The first-order valence-corrected chi connectivity index (χ1v) is 4.42. The van der Waals surface area contributed by atoms with Gasteiger partial charge in [0, 0.05) is 12.7 Å². The molecule has 0 unspecified atom stereocenters. The molecule has 2 rings (SSSR count). The summed E-state index contributed by atoms with van der Waals surface area (Å²) in [4.78, 5) is 14.7. The molecule has 0 atom stereocenters. The second kappa shape index (κ2) is 3.23. The van der Waals surface area contributed by atoms with Gasteiger partial charge in [0.15, 0.2) is 5.65 Å². The molecule has 6 heteroatoms. The summed E-state index contributed by atoms with van der Waals surface area (Å²) in [5.74, 6) is -1.49. The number of rotatable bonds is 2. The molecule has 0 amide bonds. The average molecular weight is 207 g/mol. The Hall–Kier alpha value is -2.11. The highest BCUT2D eigenvalue weighted by Gasteiger charge is 2.15. The Morgan fingerprint density at radius 2 is 2.27 bits per heavy atom. The van der Waals surface area contributed by atoms with Crippen molar-refractivity contribution in [2.45, 2.75) is 13.5 Å². The van der Waals surface area contributed by atoms with Gasteiger partial charge in [-0.25, -0.2) is 14.5 Å². The number of aromatic hydroxyl groups is 1. The minimum atomic E-state index is -1.20. The fraction of sp³-hybridized carbons (Fsp3) is 0.222. The lowest BCUT2D eigenvalue weighted by atomic mass is 10.2. The summed E-state index contributed by atoms with van der Waals surface area (Å²) in [6.45, 7) is 2.50. The van der Waals surface area contributed by atoms with Crippen molar-refractivity contribution in [2.24, 2.45) is 0 Å². The van der Waals surface area contributed by atoms with Crippen LogP contribution in [-0.4, -0.2) is 30.9 Å². The summed E-state index contributed by atoms with van der Waals surface area (Å²) in [7, 11) is 0. The van der Waals surface area contributed by atoms with Gasteiger partial charge in [-0.05, 0) is 6.92 Å². The molecule has 6 nitrogen and oxygen atoms in total. The maximum absolute atomic E-state index is 10.7. The van der Waals surface area contributed by atoms with Crippen molar-refractivity contribution in [3.63, 3.8) is 0 Å². The molecule has 2 aromatic rings. The summed E-state index contributed by atoms with van der Waals surface area (Å²) in [5.41, 5.74) is 0.276. The quantitative estimate of drug-likeness (QED) is 0.762. The van der Waals surface area contributed by atoms with Crippen molar-refractivity contribution < 1.29 is 15.0 Å². The van der Waals surface area contributed by atoms with E-state index in [0.29, 0.717) is 17.6 Å². The Kier molecular flexibility index (Phi) is 2.03. The molecule has 0 saturated heterocycles. The SMILES string of the molecule is CCn1ncc2c(O)c(C(=O)O)cnc21. The molecule has 0 aliphatic carbocycles. The molecule has 0 fully saturated rings.